The SMILES string of the molecule is CCOc1cc(C#N)cc(Br)c1OCC(=O)N1CCCCCC1. The zero-order chi connectivity index (χ0) is 16.7. The Morgan fingerprint density at radius 1 is 1.26 bits per heavy atom. The number of carbonyl (C=O) groups excluding carboxylic acids is 1. The van der Waals surface area contributed by atoms with Crippen LogP contribution in [0.1, 0.15) is 38.2 Å². The highest BCUT2D eigenvalue weighted by Crippen LogP contribution is 2.36. The summed E-state index contributed by atoms with van der Waals surface area (Å²) in [6, 6.07) is 5.36. The van der Waals surface area contributed by atoms with E-state index in [4.69, 9.17) is 14.7 Å². The Morgan fingerprint density at radius 3 is 2.57 bits per heavy atom. The quantitative estimate of drug-likeness (QED) is 0.783. The third kappa shape index (κ3) is 4.87. The van der Waals surface area contributed by atoms with Crippen molar-refractivity contribution in [1.29, 1.82) is 5.26 Å². The zero-order valence-corrected chi connectivity index (χ0v) is 14.9. The second kappa shape index (κ2) is 8.78. The number of carbonyl (C=O) groups is 1. The van der Waals surface area contributed by atoms with Crippen LogP contribution in [0.5, 0.6) is 11.5 Å². The number of nitriles is 1. The van der Waals surface area contributed by atoms with Crippen molar-refractivity contribution in [2.24, 2.45) is 0 Å². The molecule has 1 aromatic carbocycles. The Balaban J connectivity index is 2.07. The standard InChI is InChI=1S/C17H21BrN2O3/c1-2-22-15-10-13(11-19)9-14(18)17(15)23-12-16(21)20-7-5-3-4-6-8-20/h9-10H,2-8,12H2,1H3. The van der Waals surface area contributed by atoms with Crippen molar-refractivity contribution in [2.45, 2.75) is 32.6 Å². The number of likely N-dealkylation sites (tertiary alicyclic amines) is 1. The molecule has 0 saturated carbocycles. The first kappa shape index (κ1) is 17.6. The molecule has 1 aliphatic rings. The predicted octanol–water partition coefficient (Wildman–Crippen LogP) is 3.50. The number of benzene rings is 1. The molecule has 124 valence electrons. The van der Waals surface area contributed by atoms with Crippen LogP contribution < -0.4 is 9.47 Å². The lowest BCUT2D eigenvalue weighted by atomic mass is 10.2. The third-order valence-corrected chi connectivity index (χ3v) is 4.33. The molecule has 1 saturated heterocycles. The Hall–Kier alpha value is -1.74. The van der Waals surface area contributed by atoms with E-state index in [0.29, 0.717) is 28.1 Å². The van der Waals surface area contributed by atoms with Gasteiger partial charge in [-0.25, -0.2) is 0 Å². The van der Waals surface area contributed by atoms with Gasteiger partial charge >= 0.3 is 0 Å². The summed E-state index contributed by atoms with van der Waals surface area (Å²) >= 11 is 3.39. The van der Waals surface area contributed by atoms with Crippen LogP contribution in [0.3, 0.4) is 0 Å². The number of amides is 1. The van der Waals surface area contributed by atoms with E-state index in [2.05, 4.69) is 22.0 Å². The van der Waals surface area contributed by atoms with Gasteiger partial charge in [0.15, 0.2) is 18.1 Å². The van der Waals surface area contributed by atoms with Crippen molar-refractivity contribution >= 4 is 21.8 Å². The Morgan fingerprint density at radius 2 is 1.96 bits per heavy atom. The van der Waals surface area contributed by atoms with E-state index in [0.717, 1.165) is 25.9 Å². The van der Waals surface area contributed by atoms with Crippen LogP contribution in [0, 0.1) is 11.3 Å². The molecule has 0 aromatic heterocycles. The fourth-order valence-electron chi connectivity index (χ4n) is 2.58. The summed E-state index contributed by atoms with van der Waals surface area (Å²) < 4.78 is 11.8. The van der Waals surface area contributed by atoms with E-state index in [1.807, 2.05) is 11.8 Å². The first-order chi connectivity index (χ1) is 11.2. The van der Waals surface area contributed by atoms with Gasteiger partial charge in [0.25, 0.3) is 5.91 Å². The lowest BCUT2D eigenvalue weighted by Gasteiger charge is -2.21. The average molecular weight is 381 g/mol. The summed E-state index contributed by atoms with van der Waals surface area (Å²) in [5, 5.41) is 9.03. The van der Waals surface area contributed by atoms with Crippen LogP contribution in [0.2, 0.25) is 0 Å². The Kier molecular flexibility index (Phi) is 6.72. The van der Waals surface area contributed by atoms with E-state index in [-0.39, 0.29) is 12.5 Å². The lowest BCUT2D eigenvalue weighted by Crippen LogP contribution is -2.35. The maximum absolute atomic E-state index is 12.3. The molecule has 23 heavy (non-hydrogen) atoms. The van der Waals surface area contributed by atoms with Gasteiger partial charge in [-0.1, -0.05) is 12.8 Å². The molecule has 0 atom stereocenters. The molecule has 1 amide bonds. The summed E-state index contributed by atoms with van der Waals surface area (Å²) in [4.78, 5) is 14.2. The van der Waals surface area contributed by atoms with Gasteiger partial charge in [-0.2, -0.15) is 5.26 Å². The molecule has 0 unspecified atom stereocenters. The largest absolute Gasteiger partial charge is 0.490 e. The van der Waals surface area contributed by atoms with Crippen LogP contribution in [0.4, 0.5) is 0 Å². The molecule has 0 bridgehead atoms. The van der Waals surface area contributed by atoms with E-state index in [9.17, 15) is 4.79 Å². The van der Waals surface area contributed by atoms with Gasteiger partial charge in [0.05, 0.1) is 22.7 Å². The van der Waals surface area contributed by atoms with E-state index < -0.39 is 0 Å². The van der Waals surface area contributed by atoms with E-state index >= 15 is 0 Å². The summed E-state index contributed by atoms with van der Waals surface area (Å²) in [6.07, 6.45) is 4.47. The molecule has 1 heterocycles. The van der Waals surface area contributed by atoms with Crippen LogP contribution >= 0.6 is 15.9 Å². The van der Waals surface area contributed by atoms with Crippen molar-refractivity contribution in [3.8, 4) is 17.6 Å². The van der Waals surface area contributed by atoms with Crippen LogP contribution in [-0.4, -0.2) is 37.1 Å². The molecular formula is C17H21BrN2O3. The molecule has 6 heteroatoms. The van der Waals surface area contributed by atoms with Crippen LogP contribution in [-0.2, 0) is 4.79 Å². The second-order valence-corrected chi connectivity index (χ2v) is 6.27. The lowest BCUT2D eigenvalue weighted by molar-refractivity contribution is -0.133. The molecule has 0 spiro atoms. The van der Waals surface area contributed by atoms with Gasteiger partial charge in [0.2, 0.25) is 0 Å². The van der Waals surface area contributed by atoms with Crippen molar-refractivity contribution in [3.05, 3.63) is 22.2 Å². The van der Waals surface area contributed by atoms with Crippen molar-refractivity contribution < 1.29 is 14.3 Å². The molecule has 0 aliphatic carbocycles. The van der Waals surface area contributed by atoms with E-state index in [1.165, 1.54) is 12.8 Å². The normalized spacial score (nSPS) is 14.7. The maximum atomic E-state index is 12.3. The molecule has 2 rings (SSSR count). The minimum absolute atomic E-state index is 0.00870. The average Bonchev–Trinajstić information content (AvgIpc) is 2.83. The second-order valence-electron chi connectivity index (χ2n) is 5.41. The number of hydrogen-bond donors (Lipinski definition) is 0. The van der Waals surface area contributed by atoms with E-state index in [1.54, 1.807) is 12.1 Å². The Bertz CT molecular complexity index is 590. The number of hydrogen-bond acceptors (Lipinski definition) is 4. The van der Waals surface area contributed by atoms with Crippen molar-refractivity contribution in [3.63, 3.8) is 0 Å². The highest BCUT2D eigenvalue weighted by molar-refractivity contribution is 9.10. The molecule has 1 fully saturated rings. The molecule has 1 aliphatic heterocycles. The van der Waals surface area contributed by atoms with Crippen molar-refractivity contribution in [1.82, 2.24) is 4.90 Å². The topological polar surface area (TPSA) is 62.6 Å². The van der Waals surface area contributed by atoms with Gasteiger partial charge < -0.3 is 14.4 Å². The highest BCUT2D eigenvalue weighted by Gasteiger charge is 2.18. The third-order valence-electron chi connectivity index (χ3n) is 3.74. The van der Waals surface area contributed by atoms with Gasteiger partial charge in [-0.15, -0.1) is 0 Å². The van der Waals surface area contributed by atoms with Crippen LogP contribution in [0.15, 0.2) is 16.6 Å². The fraction of sp³-hybridized carbons (Fsp3) is 0.529. The summed E-state index contributed by atoms with van der Waals surface area (Å²) in [6.45, 7) is 3.89. The zero-order valence-electron chi connectivity index (χ0n) is 13.3. The molecule has 5 nitrogen and oxygen atoms in total. The minimum Gasteiger partial charge on any atom is -0.490 e. The molecule has 0 N–H and O–H groups in total. The molecule has 1 aromatic rings. The number of rotatable bonds is 5. The summed E-state index contributed by atoms with van der Waals surface area (Å²) in [5.74, 6) is 0.932. The highest BCUT2D eigenvalue weighted by atomic mass is 79.9. The van der Waals surface area contributed by atoms with Gasteiger partial charge in [-0.05, 0) is 41.8 Å². The number of ether oxygens (including phenoxy) is 2. The number of halogens is 1. The number of nitrogens with zero attached hydrogens (tertiary/aromatic N) is 2. The predicted molar refractivity (Wildman–Crippen MR) is 90.6 cm³/mol. The Labute approximate surface area is 145 Å². The van der Waals surface area contributed by atoms with Gasteiger partial charge in [-0.3, -0.25) is 4.79 Å². The maximum Gasteiger partial charge on any atom is 0.260 e. The van der Waals surface area contributed by atoms with Crippen LogP contribution in [0.25, 0.3) is 0 Å². The smallest absolute Gasteiger partial charge is 0.260 e. The van der Waals surface area contributed by atoms with Gasteiger partial charge in [0, 0.05) is 19.2 Å². The van der Waals surface area contributed by atoms with Gasteiger partial charge in [0.1, 0.15) is 0 Å². The first-order valence-corrected chi connectivity index (χ1v) is 8.72. The minimum atomic E-state index is -0.0232. The molecule has 0 radical (unpaired) electrons. The summed E-state index contributed by atoms with van der Waals surface area (Å²) in [5.41, 5.74) is 0.478. The first-order valence-electron chi connectivity index (χ1n) is 7.92. The monoisotopic (exact) mass is 380 g/mol. The van der Waals surface area contributed by atoms with Crippen molar-refractivity contribution in [2.75, 3.05) is 26.3 Å². The summed E-state index contributed by atoms with van der Waals surface area (Å²) in [7, 11) is 0. The fourth-order valence-corrected chi connectivity index (χ4v) is 3.14. The molecular weight excluding hydrogens is 360 g/mol.